The average Bonchev–Trinajstić information content (AvgIpc) is 2.83. The molecule has 0 amide bonds. The number of carbonyl (C=O) groups is 1. The minimum atomic E-state index is -0.622. The van der Waals surface area contributed by atoms with Crippen molar-refractivity contribution >= 4 is 28.5 Å². The van der Waals surface area contributed by atoms with E-state index >= 15 is 0 Å². The van der Waals surface area contributed by atoms with Crippen LogP contribution in [0.15, 0.2) is 47.4 Å². The molecule has 0 spiro atoms. The van der Waals surface area contributed by atoms with Crippen LogP contribution in [0.2, 0.25) is 0 Å². The quantitative estimate of drug-likeness (QED) is 0.273. The fourth-order valence-corrected chi connectivity index (χ4v) is 3.89. The molecule has 0 saturated carbocycles. The zero-order chi connectivity index (χ0) is 23.7. The monoisotopic (exact) mass is 449 g/mol. The number of methoxy groups -OCH3 is 3. The van der Waals surface area contributed by atoms with Gasteiger partial charge >= 0.3 is 5.97 Å². The Morgan fingerprint density at radius 3 is 2.58 bits per heavy atom. The van der Waals surface area contributed by atoms with Crippen molar-refractivity contribution in [3.8, 4) is 11.5 Å². The first-order valence-corrected chi connectivity index (χ1v) is 10.3. The van der Waals surface area contributed by atoms with E-state index in [1.165, 1.54) is 17.6 Å². The lowest BCUT2D eigenvalue weighted by Crippen LogP contribution is -2.42. The topological polar surface area (TPSA) is 109 Å². The van der Waals surface area contributed by atoms with Crippen molar-refractivity contribution in [2.45, 2.75) is 19.9 Å². The Hall–Kier alpha value is -4.14. The Labute approximate surface area is 190 Å². The highest BCUT2D eigenvalue weighted by Crippen LogP contribution is 2.28. The number of aryl methyl sites for hydroxylation is 3. The van der Waals surface area contributed by atoms with E-state index < -0.39 is 5.97 Å². The van der Waals surface area contributed by atoms with Crippen LogP contribution in [0.25, 0.3) is 16.7 Å². The molecule has 0 saturated heterocycles. The van der Waals surface area contributed by atoms with Gasteiger partial charge in [-0.3, -0.25) is 9.20 Å². The molecule has 0 bridgehead atoms. The minimum Gasteiger partial charge on any atom is -0.493 e. The van der Waals surface area contributed by atoms with Gasteiger partial charge in [0.25, 0.3) is 11.2 Å². The number of pyridine rings is 2. The fraction of sp³-hybridized carbons (Fsp3) is 0.250. The summed E-state index contributed by atoms with van der Waals surface area (Å²) in [7, 11) is 4.43. The molecule has 33 heavy (non-hydrogen) atoms. The van der Waals surface area contributed by atoms with Gasteiger partial charge in [0.05, 0.1) is 27.9 Å². The smallest absolute Gasteiger partial charge is 0.344 e. The van der Waals surface area contributed by atoms with Gasteiger partial charge in [0.2, 0.25) is 11.5 Å². The molecular weight excluding hydrogens is 424 g/mol. The van der Waals surface area contributed by atoms with Crippen LogP contribution in [0, 0.1) is 6.92 Å². The van der Waals surface area contributed by atoms with Gasteiger partial charge in [-0.15, -0.1) is 0 Å². The molecule has 0 aliphatic heterocycles. The van der Waals surface area contributed by atoms with Crippen LogP contribution < -0.4 is 25.3 Å². The van der Waals surface area contributed by atoms with Gasteiger partial charge in [0, 0.05) is 18.2 Å². The third kappa shape index (κ3) is 3.82. The van der Waals surface area contributed by atoms with Crippen molar-refractivity contribution in [3.63, 3.8) is 0 Å². The SMILES string of the molecule is COC(=O)c1cc2c(=O)n3cccc(C)c3nc2[n+](CCc2ccc(OC)c(OC)c2)c1N. The number of rotatable bonds is 6. The molecule has 3 heterocycles. The van der Waals surface area contributed by atoms with Gasteiger partial charge in [0.1, 0.15) is 10.9 Å². The molecule has 170 valence electrons. The first-order chi connectivity index (χ1) is 15.9. The second-order valence-corrected chi connectivity index (χ2v) is 7.56. The Bertz CT molecular complexity index is 1450. The van der Waals surface area contributed by atoms with Crippen molar-refractivity contribution < 1.29 is 23.6 Å². The molecule has 4 rings (SSSR count). The van der Waals surface area contributed by atoms with E-state index in [9.17, 15) is 9.59 Å². The number of aromatic nitrogens is 3. The Kier molecular flexibility index (Phi) is 5.87. The maximum atomic E-state index is 13.3. The Morgan fingerprint density at radius 1 is 1.12 bits per heavy atom. The molecule has 0 unspecified atom stereocenters. The molecule has 9 heteroatoms. The number of esters is 1. The number of anilines is 1. The molecule has 4 aromatic rings. The van der Waals surface area contributed by atoms with E-state index in [0.29, 0.717) is 35.8 Å². The van der Waals surface area contributed by atoms with Gasteiger partial charge < -0.3 is 19.9 Å². The van der Waals surface area contributed by atoms with Gasteiger partial charge in [-0.25, -0.2) is 9.36 Å². The second kappa shape index (κ2) is 8.78. The number of nitrogens with zero attached hydrogens (tertiary/aromatic N) is 3. The summed E-state index contributed by atoms with van der Waals surface area (Å²) in [6.07, 6.45) is 2.20. The third-order valence-electron chi connectivity index (χ3n) is 5.65. The van der Waals surface area contributed by atoms with E-state index in [2.05, 4.69) is 0 Å². The van der Waals surface area contributed by atoms with Crippen LogP contribution in [0.4, 0.5) is 5.82 Å². The number of benzene rings is 1. The summed E-state index contributed by atoms with van der Waals surface area (Å²) in [6, 6.07) is 10.7. The highest BCUT2D eigenvalue weighted by molar-refractivity contribution is 5.96. The Balaban J connectivity index is 1.91. The van der Waals surface area contributed by atoms with Gasteiger partial charge in [-0.2, -0.15) is 0 Å². The average molecular weight is 449 g/mol. The van der Waals surface area contributed by atoms with Crippen molar-refractivity contribution in [2.75, 3.05) is 27.1 Å². The van der Waals surface area contributed by atoms with E-state index in [1.807, 2.05) is 31.2 Å². The van der Waals surface area contributed by atoms with Crippen molar-refractivity contribution in [1.29, 1.82) is 0 Å². The summed E-state index contributed by atoms with van der Waals surface area (Å²) >= 11 is 0. The summed E-state index contributed by atoms with van der Waals surface area (Å²) < 4.78 is 18.7. The number of ether oxygens (including phenoxy) is 3. The molecule has 3 aromatic heterocycles. The highest BCUT2D eigenvalue weighted by Gasteiger charge is 2.25. The molecule has 9 nitrogen and oxygen atoms in total. The zero-order valence-corrected chi connectivity index (χ0v) is 18.9. The predicted molar refractivity (Wildman–Crippen MR) is 123 cm³/mol. The maximum Gasteiger partial charge on any atom is 0.344 e. The van der Waals surface area contributed by atoms with Gasteiger partial charge in [-0.1, -0.05) is 17.1 Å². The minimum absolute atomic E-state index is 0.115. The van der Waals surface area contributed by atoms with Crippen LogP contribution in [-0.2, 0) is 17.7 Å². The number of fused-ring (bicyclic) bond motifs is 2. The third-order valence-corrected chi connectivity index (χ3v) is 5.65. The lowest BCUT2D eigenvalue weighted by molar-refractivity contribution is -0.658. The van der Waals surface area contributed by atoms with Crippen LogP contribution in [0.1, 0.15) is 21.5 Å². The van der Waals surface area contributed by atoms with Crippen molar-refractivity contribution in [3.05, 3.63) is 69.6 Å². The fourth-order valence-electron chi connectivity index (χ4n) is 3.89. The zero-order valence-electron chi connectivity index (χ0n) is 18.9. The van der Waals surface area contributed by atoms with Crippen LogP contribution in [-0.4, -0.2) is 36.7 Å². The van der Waals surface area contributed by atoms with Crippen LogP contribution >= 0.6 is 0 Å². The molecule has 1 aromatic carbocycles. The van der Waals surface area contributed by atoms with Gasteiger partial charge in [0.15, 0.2) is 11.5 Å². The second-order valence-electron chi connectivity index (χ2n) is 7.56. The van der Waals surface area contributed by atoms with Crippen molar-refractivity contribution in [1.82, 2.24) is 9.38 Å². The van der Waals surface area contributed by atoms with Crippen molar-refractivity contribution in [2.24, 2.45) is 0 Å². The lowest BCUT2D eigenvalue weighted by atomic mass is 10.1. The number of carbonyl (C=O) groups excluding carboxylic acids is 1. The number of hydrogen-bond donors (Lipinski definition) is 1. The summed E-state index contributed by atoms with van der Waals surface area (Å²) in [5.74, 6) is 0.796. The van der Waals surface area contributed by atoms with E-state index in [0.717, 1.165) is 11.1 Å². The molecule has 0 fully saturated rings. The number of nitrogen functional groups attached to an aromatic ring is 1. The van der Waals surface area contributed by atoms with E-state index in [-0.39, 0.29) is 22.3 Å². The number of nitrogens with two attached hydrogens (primary N) is 1. The molecular formula is C24H25N4O5+. The summed E-state index contributed by atoms with van der Waals surface area (Å²) in [5.41, 5.74) is 8.96. The predicted octanol–water partition coefficient (Wildman–Crippen LogP) is 2.07. The van der Waals surface area contributed by atoms with Crippen LogP contribution in [0.5, 0.6) is 11.5 Å². The maximum absolute atomic E-state index is 13.3. The van der Waals surface area contributed by atoms with E-state index in [4.69, 9.17) is 24.9 Å². The summed E-state index contributed by atoms with van der Waals surface area (Å²) in [4.78, 5) is 30.4. The first-order valence-electron chi connectivity index (χ1n) is 10.3. The lowest BCUT2D eigenvalue weighted by Gasteiger charge is -2.13. The standard InChI is InChI=1S/C24H24N4O5/c1-14-6-5-10-28-21(14)26-22-17(23(28)29)13-16(24(30)33-4)20(25)27(22)11-9-15-7-8-18(31-2)19(12-15)32-3/h5-8,10,12-13,25H,9,11H2,1-4H3/p+1. The first kappa shape index (κ1) is 22.1. The molecule has 0 atom stereocenters. The normalized spacial score (nSPS) is 11.0. The number of hydrogen-bond acceptors (Lipinski definition) is 7. The highest BCUT2D eigenvalue weighted by atomic mass is 16.5. The largest absolute Gasteiger partial charge is 0.493 e. The molecule has 0 aliphatic carbocycles. The summed E-state index contributed by atoms with van der Waals surface area (Å²) in [5, 5.41) is 0.278. The Morgan fingerprint density at radius 2 is 1.88 bits per heavy atom. The molecule has 0 radical (unpaired) electrons. The summed E-state index contributed by atoms with van der Waals surface area (Å²) in [6.45, 7) is 2.25. The van der Waals surface area contributed by atoms with E-state index in [1.54, 1.807) is 31.0 Å². The van der Waals surface area contributed by atoms with Gasteiger partial charge in [-0.05, 0) is 36.8 Å². The molecule has 2 N–H and O–H groups in total. The van der Waals surface area contributed by atoms with Crippen LogP contribution in [0.3, 0.4) is 0 Å². The molecule has 0 aliphatic rings.